The second kappa shape index (κ2) is 6.45. The van der Waals surface area contributed by atoms with Crippen LogP contribution in [0.3, 0.4) is 0 Å². The molecule has 5 nitrogen and oxygen atoms in total. The number of aromatic amines is 1. The van der Waals surface area contributed by atoms with Crippen molar-refractivity contribution in [2.45, 2.75) is 39.3 Å². The molecule has 0 bridgehead atoms. The second-order valence-corrected chi connectivity index (χ2v) is 6.13. The average molecular weight is 291 g/mol. The maximum absolute atomic E-state index is 12.0. The van der Waals surface area contributed by atoms with Gasteiger partial charge in [0.25, 0.3) is 0 Å². The van der Waals surface area contributed by atoms with Gasteiger partial charge in [0.1, 0.15) is 0 Å². The zero-order chi connectivity index (χ0) is 15.5. The summed E-state index contributed by atoms with van der Waals surface area (Å²) in [5.74, 6) is 0. The minimum Gasteiger partial charge on any atom is -0.389 e. The van der Waals surface area contributed by atoms with E-state index in [4.69, 9.17) is 0 Å². The Kier molecular flexibility index (Phi) is 4.85. The molecule has 0 aliphatic carbocycles. The molecule has 0 spiro atoms. The number of hydrogen-bond donors (Lipinski definition) is 2. The average Bonchev–Trinajstić information content (AvgIpc) is 2.72. The van der Waals surface area contributed by atoms with Crippen LogP contribution in [-0.2, 0) is 6.54 Å². The number of rotatable bonds is 7. The highest BCUT2D eigenvalue weighted by atomic mass is 16.3. The molecule has 116 valence electrons. The third kappa shape index (κ3) is 4.19. The highest BCUT2D eigenvalue weighted by Crippen LogP contribution is 2.10. The fraction of sp³-hybridized carbons (Fsp3) is 0.562. The number of imidazole rings is 1. The van der Waals surface area contributed by atoms with Gasteiger partial charge in [0.15, 0.2) is 0 Å². The van der Waals surface area contributed by atoms with E-state index in [9.17, 15) is 9.90 Å². The van der Waals surface area contributed by atoms with Crippen molar-refractivity contribution in [2.24, 2.45) is 0 Å². The first-order chi connectivity index (χ1) is 9.90. The van der Waals surface area contributed by atoms with Gasteiger partial charge in [-0.15, -0.1) is 0 Å². The van der Waals surface area contributed by atoms with E-state index in [0.717, 1.165) is 30.5 Å². The highest BCUT2D eigenvalue weighted by Gasteiger charge is 2.17. The van der Waals surface area contributed by atoms with Gasteiger partial charge in [0.2, 0.25) is 0 Å². The van der Waals surface area contributed by atoms with E-state index < -0.39 is 5.60 Å². The third-order valence-corrected chi connectivity index (χ3v) is 3.60. The molecule has 0 aliphatic heterocycles. The maximum atomic E-state index is 12.0. The van der Waals surface area contributed by atoms with Crippen molar-refractivity contribution in [3.63, 3.8) is 0 Å². The lowest BCUT2D eigenvalue weighted by Gasteiger charge is -2.27. The summed E-state index contributed by atoms with van der Waals surface area (Å²) in [6.45, 7) is 8.82. The molecule has 1 aromatic heterocycles. The molecule has 1 heterocycles. The van der Waals surface area contributed by atoms with Gasteiger partial charge in [-0.05, 0) is 45.5 Å². The number of fused-ring (bicyclic) bond motifs is 1. The largest absolute Gasteiger partial charge is 0.389 e. The topological polar surface area (TPSA) is 61.3 Å². The fourth-order valence-corrected chi connectivity index (χ4v) is 2.68. The minimum absolute atomic E-state index is 0.0539. The van der Waals surface area contributed by atoms with Crippen LogP contribution in [0, 0.1) is 0 Å². The first-order valence-corrected chi connectivity index (χ1v) is 7.53. The van der Waals surface area contributed by atoms with E-state index in [2.05, 4.69) is 16.8 Å². The lowest BCUT2D eigenvalue weighted by molar-refractivity contribution is 0.0372. The van der Waals surface area contributed by atoms with Crippen molar-refractivity contribution in [1.82, 2.24) is 14.5 Å². The predicted molar refractivity (Wildman–Crippen MR) is 85.6 cm³/mol. The van der Waals surface area contributed by atoms with Crippen molar-refractivity contribution < 1.29 is 5.11 Å². The molecule has 0 amide bonds. The number of nitrogens with one attached hydrogen (secondary N) is 1. The van der Waals surface area contributed by atoms with Gasteiger partial charge in [-0.2, -0.15) is 0 Å². The predicted octanol–water partition coefficient (Wildman–Crippen LogP) is 1.81. The van der Waals surface area contributed by atoms with Crippen molar-refractivity contribution >= 4 is 11.0 Å². The number of aromatic nitrogens is 2. The molecule has 2 N–H and O–H groups in total. The Bertz CT molecular complexity index is 637. The number of benzene rings is 1. The minimum atomic E-state index is -0.687. The molecule has 5 heteroatoms. The van der Waals surface area contributed by atoms with Crippen LogP contribution in [0.25, 0.3) is 11.0 Å². The van der Waals surface area contributed by atoms with E-state index >= 15 is 0 Å². The van der Waals surface area contributed by atoms with Crippen molar-refractivity contribution in [1.29, 1.82) is 0 Å². The number of H-pyrrole nitrogens is 1. The second-order valence-electron chi connectivity index (χ2n) is 6.13. The van der Waals surface area contributed by atoms with Gasteiger partial charge in [-0.3, -0.25) is 4.57 Å². The van der Waals surface area contributed by atoms with Crippen LogP contribution < -0.4 is 5.69 Å². The molecule has 2 aromatic rings. The summed E-state index contributed by atoms with van der Waals surface area (Å²) in [5, 5.41) is 9.89. The van der Waals surface area contributed by atoms with Crippen LogP contribution in [0.15, 0.2) is 29.1 Å². The van der Waals surface area contributed by atoms with Crippen LogP contribution >= 0.6 is 0 Å². The zero-order valence-corrected chi connectivity index (χ0v) is 13.1. The van der Waals surface area contributed by atoms with Crippen molar-refractivity contribution in [3.05, 3.63) is 34.7 Å². The number of aryl methyl sites for hydroxylation is 1. The molecular formula is C16H25N3O2. The maximum Gasteiger partial charge on any atom is 0.326 e. The first kappa shape index (κ1) is 15.8. The number of likely N-dealkylation sites (N-methyl/N-ethyl adjacent to an activating group) is 1. The van der Waals surface area contributed by atoms with Gasteiger partial charge in [-0.25, -0.2) is 4.79 Å². The summed E-state index contributed by atoms with van der Waals surface area (Å²) < 4.78 is 1.78. The first-order valence-electron chi connectivity index (χ1n) is 7.53. The molecule has 0 saturated heterocycles. The SMILES string of the molecule is CCN(CCCn1c(=O)[nH]c2ccccc21)CC(C)(C)O. The lowest BCUT2D eigenvalue weighted by Crippen LogP contribution is -2.39. The van der Waals surface area contributed by atoms with E-state index in [0.29, 0.717) is 13.1 Å². The van der Waals surface area contributed by atoms with Crippen LogP contribution in [0.4, 0.5) is 0 Å². The van der Waals surface area contributed by atoms with Gasteiger partial charge >= 0.3 is 5.69 Å². The molecular weight excluding hydrogens is 266 g/mol. The molecule has 0 unspecified atom stereocenters. The monoisotopic (exact) mass is 291 g/mol. The highest BCUT2D eigenvalue weighted by molar-refractivity contribution is 5.74. The summed E-state index contributed by atoms with van der Waals surface area (Å²) in [5.41, 5.74) is 1.09. The Labute approximate surface area is 125 Å². The Hall–Kier alpha value is -1.59. The van der Waals surface area contributed by atoms with Crippen LogP contribution in [-0.4, -0.2) is 44.8 Å². The number of hydrogen-bond acceptors (Lipinski definition) is 3. The van der Waals surface area contributed by atoms with Gasteiger partial charge in [0.05, 0.1) is 16.6 Å². The van der Waals surface area contributed by atoms with E-state index in [-0.39, 0.29) is 5.69 Å². The molecule has 21 heavy (non-hydrogen) atoms. The summed E-state index contributed by atoms with van der Waals surface area (Å²) in [6.07, 6.45) is 0.881. The Morgan fingerprint density at radius 1 is 1.33 bits per heavy atom. The van der Waals surface area contributed by atoms with E-state index in [1.54, 1.807) is 4.57 Å². The molecule has 0 radical (unpaired) electrons. The molecule has 2 rings (SSSR count). The van der Waals surface area contributed by atoms with Crippen LogP contribution in [0.5, 0.6) is 0 Å². The Morgan fingerprint density at radius 3 is 2.71 bits per heavy atom. The quantitative estimate of drug-likeness (QED) is 0.818. The van der Waals surface area contributed by atoms with Crippen molar-refractivity contribution in [3.8, 4) is 0 Å². The lowest BCUT2D eigenvalue weighted by atomic mass is 10.1. The zero-order valence-electron chi connectivity index (χ0n) is 13.1. The summed E-state index contributed by atoms with van der Waals surface area (Å²) in [4.78, 5) is 17.0. The molecule has 0 aliphatic rings. The smallest absolute Gasteiger partial charge is 0.326 e. The van der Waals surface area contributed by atoms with Crippen LogP contribution in [0.2, 0.25) is 0 Å². The number of aliphatic hydroxyl groups is 1. The molecule has 0 atom stereocenters. The molecule has 0 saturated carbocycles. The molecule has 1 aromatic carbocycles. The summed E-state index contributed by atoms with van der Waals surface area (Å²) in [6, 6.07) is 7.74. The van der Waals surface area contributed by atoms with Crippen LogP contribution in [0.1, 0.15) is 27.2 Å². The number of para-hydroxylation sites is 2. The Morgan fingerprint density at radius 2 is 2.05 bits per heavy atom. The number of nitrogens with zero attached hydrogens (tertiary/aromatic N) is 2. The Balaban J connectivity index is 1.99. The van der Waals surface area contributed by atoms with Crippen molar-refractivity contribution in [2.75, 3.05) is 19.6 Å². The normalized spacial score (nSPS) is 12.4. The van der Waals surface area contributed by atoms with Gasteiger partial charge in [-0.1, -0.05) is 19.1 Å². The van der Waals surface area contributed by atoms with Gasteiger partial charge < -0.3 is 15.0 Å². The standard InChI is InChI=1S/C16H25N3O2/c1-4-18(12-16(2,3)21)10-7-11-19-14-9-6-5-8-13(14)17-15(19)20/h5-6,8-9,21H,4,7,10-12H2,1-3H3,(H,17,20). The van der Waals surface area contributed by atoms with E-state index in [1.807, 2.05) is 38.1 Å². The van der Waals surface area contributed by atoms with Gasteiger partial charge in [0, 0.05) is 13.1 Å². The molecule has 0 fully saturated rings. The fourth-order valence-electron chi connectivity index (χ4n) is 2.68. The third-order valence-electron chi connectivity index (χ3n) is 3.60. The van der Waals surface area contributed by atoms with E-state index in [1.165, 1.54) is 0 Å². The summed E-state index contributed by atoms with van der Waals surface area (Å²) >= 11 is 0. The summed E-state index contributed by atoms with van der Waals surface area (Å²) in [7, 11) is 0.